The summed E-state index contributed by atoms with van der Waals surface area (Å²) in [5.41, 5.74) is 5.62. The van der Waals surface area contributed by atoms with Crippen LogP contribution in [0.4, 0.5) is 5.00 Å². The van der Waals surface area contributed by atoms with Crippen molar-refractivity contribution in [3.8, 4) is 11.1 Å². The van der Waals surface area contributed by atoms with Gasteiger partial charge < -0.3 is 15.5 Å². The first-order valence-corrected chi connectivity index (χ1v) is 12.4. The van der Waals surface area contributed by atoms with Crippen LogP contribution in [0.25, 0.3) is 11.1 Å². The average Bonchev–Trinajstić information content (AvgIpc) is 3.26. The zero-order valence-corrected chi connectivity index (χ0v) is 19.6. The Labute approximate surface area is 194 Å². The van der Waals surface area contributed by atoms with Crippen LogP contribution < -0.4 is 10.6 Å². The molecule has 0 saturated carbocycles. The van der Waals surface area contributed by atoms with Gasteiger partial charge in [-0.2, -0.15) is 0 Å². The highest BCUT2D eigenvalue weighted by Gasteiger charge is 2.10. The number of nitrogens with one attached hydrogen (secondary N) is 2. The van der Waals surface area contributed by atoms with Crippen LogP contribution in [-0.4, -0.2) is 48.5 Å². The van der Waals surface area contributed by atoms with Crippen molar-refractivity contribution in [2.45, 2.75) is 32.6 Å². The smallest absolute Gasteiger partial charge is 0.229 e. The monoisotopic (exact) mass is 448 g/mol. The van der Waals surface area contributed by atoms with Crippen LogP contribution in [0.3, 0.4) is 0 Å². The van der Waals surface area contributed by atoms with E-state index in [1.807, 2.05) is 31.3 Å². The third kappa shape index (κ3) is 6.73. The predicted octanol–water partition coefficient (Wildman–Crippen LogP) is 4.53. The van der Waals surface area contributed by atoms with Gasteiger partial charge in [-0.15, -0.1) is 11.3 Å². The van der Waals surface area contributed by atoms with Crippen molar-refractivity contribution in [2.75, 3.05) is 38.0 Å². The number of rotatable bonds is 9. The lowest BCUT2D eigenvalue weighted by atomic mass is 10.0. The number of thiophene rings is 1. The summed E-state index contributed by atoms with van der Waals surface area (Å²) < 4.78 is 0. The van der Waals surface area contributed by atoms with Crippen molar-refractivity contribution in [1.29, 1.82) is 0 Å². The highest BCUT2D eigenvalue weighted by atomic mass is 32.1. The molecule has 0 bridgehead atoms. The zero-order valence-electron chi connectivity index (χ0n) is 18.8. The van der Waals surface area contributed by atoms with Crippen LogP contribution in [0, 0.1) is 6.92 Å². The average molecular weight is 449 g/mol. The topological polar surface area (TPSA) is 57.3 Å². The number of piperazine rings is 1. The molecular formula is C26H32N4OS. The fourth-order valence-corrected chi connectivity index (χ4v) is 4.97. The van der Waals surface area contributed by atoms with Gasteiger partial charge >= 0.3 is 0 Å². The molecule has 0 radical (unpaired) electrons. The van der Waals surface area contributed by atoms with Gasteiger partial charge in [0.05, 0.1) is 11.4 Å². The molecule has 0 atom stereocenters. The van der Waals surface area contributed by atoms with E-state index in [1.54, 1.807) is 11.3 Å². The van der Waals surface area contributed by atoms with E-state index in [0.717, 1.165) is 46.9 Å². The molecule has 1 aliphatic heterocycles. The molecule has 1 aliphatic rings. The molecule has 0 spiro atoms. The Morgan fingerprint density at radius 1 is 1.09 bits per heavy atom. The zero-order chi connectivity index (χ0) is 22.2. The second-order valence-corrected chi connectivity index (χ2v) is 9.39. The van der Waals surface area contributed by atoms with Gasteiger partial charge in [0.1, 0.15) is 0 Å². The quantitative estimate of drug-likeness (QED) is 0.472. The maximum absolute atomic E-state index is 12.6. The molecular weight excluding hydrogens is 416 g/mol. The Kier molecular flexibility index (Phi) is 8.04. The molecule has 5 nitrogen and oxygen atoms in total. The Morgan fingerprint density at radius 2 is 1.94 bits per heavy atom. The molecule has 32 heavy (non-hydrogen) atoms. The number of hydrogen-bond acceptors (Lipinski definition) is 5. The Morgan fingerprint density at radius 3 is 2.78 bits per heavy atom. The maximum atomic E-state index is 12.6. The summed E-state index contributed by atoms with van der Waals surface area (Å²) in [6.45, 7) is 7.72. The van der Waals surface area contributed by atoms with Gasteiger partial charge in [-0.1, -0.05) is 24.3 Å². The van der Waals surface area contributed by atoms with E-state index < -0.39 is 0 Å². The second-order valence-electron chi connectivity index (χ2n) is 8.48. The van der Waals surface area contributed by atoms with E-state index in [4.69, 9.17) is 0 Å². The van der Waals surface area contributed by atoms with Crippen molar-refractivity contribution < 1.29 is 4.79 Å². The third-order valence-electron chi connectivity index (χ3n) is 5.85. The molecule has 1 saturated heterocycles. The first-order valence-electron chi connectivity index (χ1n) is 11.5. The van der Waals surface area contributed by atoms with E-state index in [9.17, 15) is 4.79 Å². The first-order chi connectivity index (χ1) is 15.7. The largest absolute Gasteiger partial charge is 0.317 e. The fourth-order valence-electron chi connectivity index (χ4n) is 4.14. The Balaban J connectivity index is 1.24. The van der Waals surface area contributed by atoms with Crippen molar-refractivity contribution in [3.63, 3.8) is 0 Å². The molecule has 3 aromatic rings. The van der Waals surface area contributed by atoms with Gasteiger partial charge in [-0.05, 0) is 73.2 Å². The number of aryl methyl sites for hydroxylation is 2. The molecule has 0 unspecified atom stereocenters. The fraction of sp³-hybridized carbons (Fsp3) is 0.385. The molecule has 1 amide bonds. The Bertz CT molecular complexity index is 1030. The van der Waals surface area contributed by atoms with Crippen LogP contribution >= 0.6 is 11.3 Å². The van der Waals surface area contributed by atoms with Crippen molar-refractivity contribution >= 4 is 22.2 Å². The lowest BCUT2D eigenvalue weighted by Gasteiger charge is -2.27. The summed E-state index contributed by atoms with van der Waals surface area (Å²) >= 11 is 1.56. The van der Waals surface area contributed by atoms with Gasteiger partial charge in [0, 0.05) is 43.4 Å². The van der Waals surface area contributed by atoms with E-state index >= 15 is 0 Å². The second kappa shape index (κ2) is 11.4. The van der Waals surface area contributed by atoms with Crippen molar-refractivity contribution in [1.82, 2.24) is 15.2 Å². The van der Waals surface area contributed by atoms with Crippen molar-refractivity contribution in [2.24, 2.45) is 0 Å². The minimum absolute atomic E-state index is 0.0279. The third-order valence-corrected chi connectivity index (χ3v) is 6.69. The summed E-state index contributed by atoms with van der Waals surface area (Å²) in [4.78, 5) is 19.4. The number of aromatic nitrogens is 1. The lowest BCUT2D eigenvalue weighted by molar-refractivity contribution is -0.115. The van der Waals surface area contributed by atoms with Crippen molar-refractivity contribution in [3.05, 3.63) is 70.9 Å². The summed E-state index contributed by atoms with van der Waals surface area (Å²) in [7, 11) is 0. The normalized spacial score (nSPS) is 14.4. The molecule has 6 heteroatoms. The highest BCUT2D eigenvalue weighted by molar-refractivity contribution is 7.14. The van der Waals surface area contributed by atoms with Gasteiger partial charge in [0.25, 0.3) is 0 Å². The van der Waals surface area contributed by atoms with Crippen LogP contribution in [-0.2, 0) is 17.6 Å². The number of benzene rings is 1. The number of nitrogens with zero attached hydrogens (tertiary/aromatic N) is 2. The van der Waals surface area contributed by atoms with Crippen LogP contribution in [0.5, 0.6) is 0 Å². The predicted molar refractivity (Wildman–Crippen MR) is 133 cm³/mol. The summed E-state index contributed by atoms with van der Waals surface area (Å²) in [5.74, 6) is 0.0279. The highest BCUT2D eigenvalue weighted by Crippen LogP contribution is 2.29. The summed E-state index contributed by atoms with van der Waals surface area (Å²) in [6, 6.07) is 14.6. The maximum Gasteiger partial charge on any atom is 0.229 e. The number of carbonyl (C=O) groups excluding carboxylic acids is 1. The standard InChI is InChI=1S/C26H32N4OS/c1-20-15-23(8-9-28-20)24-18-26(32-19-24)29-25(31)17-22-7-4-6-21(16-22)5-2-3-12-30-13-10-27-11-14-30/h4,6-9,15-16,18-19,27H,2-3,5,10-14,17H2,1H3,(H,29,31). The van der Waals surface area contributed by atoms with E-state index in [-0.39, 0.29) is 5.91 Å². The Hall–Kier alpha value is -2.54. The number of carbonyl (C=O) groups is 1. The van der Waals surface area contributed by atoms with E-state index in [2.05, 4.69) is 50.2 Å². The molecule has 4 rings (SSSR count). The number of pyridine rings is 1. The van der Waals surface area contributed by atoms with Crippen LogP contribution in [0.2, 0.25) is 0 Å². The SMILES string of the molecule is Cc1cc(-c2csc(NC(=O)Cc3cccc(CCCCN4CCNCC4)c3)c2)ccn1. The number of anilines is 1. The molecule has 1 aromatic carbocycles. The molecule has 3 heterocycles. The van der Waals surface area contributed by atoms with Gasteiger partial charge in [0.15, 0.2) is 0 Å². The summed E-state index contributed by atoms with van der Waals surface area (Å²) in [5, 5.41) is 9.41. The molecule has 0 aliphatic carbocycles. The van der Waals surface area contributed by atoms with Gasteiger partial charge in [-0.3, -0.25) is 9.78 Å². The molecule has 2 N–H and O–H groups in total. The molecule has 1 fully saturated rings. The van der Waals surface area contributed by atoms with Gasteiger partial charge in [0.2, 0.25) is 5.91 Å². The number of hydrogen-bond donors (Lipinski definition) is 2. The minimum Gasteiger partial charge on any atom is -0.317 e. The van der Waals surface area contributed by atoms with E-state index in [1.165, 1.54) is 38.0 Å². The molecule has 168 valence electrons. The number of unbranched alkanes of at least 4 members (excludes halogenated alkanes) is 1. The first kappa shape index (κ1) is 22.6. The molecule has 2 aromatic heterocycles. The van der Waals surface area contributed by atoms with Crippen LogP contribution in [0.1, 0.15) is 29.7 Å². The minimum atomic E-state index is 0.0279. The number of amides is 1. The summed E-state index contributed by atoms with van der Waals surface area (Å²) in [6.07, 6.45) is 5.70. The lowest BCUT2D eigenvalue weighted by Crippen LogP contribution is -2.43. The van der Waals surface area contributed by atoms with Crippen LogP contribution in [0.15, 0.2) is 54.0 Å². The van der Waals surface area contributed by atoms with Gasteiger partial charge in [-0.25, -0.2) is 0 Å². The van der Waals surface area contributed by atoms with E-state index in [0.29, 0.717) is 6.42 Å².